The molecule has 0 aromatic heterocycles. The van der Waals surface area contributed by atoms with E-state index in [9.17, 15) is 18.0 Å². The van der Waals surface area contributed by atoms with Crippen molar-refractivity contribution in [1.82, 2.24) is 5.32 Å². The molecule has 9 heteroatoms. The minimum atomic E-state index is -4.76. The van der Waals surface area contributed by atoms with Gasteiger partial charge in [-0.05, 0) is 18.2 Å². The van der Waals surface area contributed by atoms with Crippen molar-refractivity contribution in [1.29, 1.82) is 0 Å². The Morgan fingerprint density at radius 1 is 1.29 bits per heavy atom. The minimum absolute atomic E-state index is 0. The molecule has 1 N–H and O–H groups in total. The first-order valence-electron chi connectivity index (χ1n) is 5.56. The van der Waals surface area contributed by atoms with E-state index in [0.29, 0.717) is 11.3 Å². The van der Waals surface area contributed by atoms with Crippen molar-refractivity contribution in [2.45, 2.75) is 12.9 Å². The average Bonchev–Trinajstić information content (AvgIpc) is 2.37. The maximum Gasteiger partial charge on any atom is 0.573 e. The molecule has 1 rings (SSSR count). The lowest BCUT2D eigenvalue weighted by molar-refractivity contribution is -0.274. The van der Waals surface area contributed by atoms with E-state index in [-0.39, 0.29) is 31.2 Å². The second kappa shape index (κ2) is 8.58. The number of carbonyl (C=O) groups is 1. The summed E-state index contributed by atoms with van der Waals surface area (Å²) in [6.07, 6.45) is -4.76. The Kier molecular flexibility index (Phi) is 7.90. The third-order valence-electron chi connectivity index (χ3n) is 2.30. The van der Waals surface area contributed by atoms with Gasteiger partial charge in [-0.15, -0.1) is 25.6 Å². The van der Waals surface area contributed by atoms with E-state index in [1.807, 2.05) is 0 Å². The molecule has 0 spiro atoms. The van der Waals surface area contributed by atoms with Crippen LogP contribution >= 0.6 is 12.4 Å². The Morgan fingerprint density at radius 2 is 1.95 bits per heavy atom. The van der Waals surface area contributed by atoms with Gasteiger partial charge in [0.1, 0.15) is 11.5 Å². The van der Waals surface area contributed by atoms with Gasteiger partial charge in [0.25, 0.3) is 0 Å². The fourth-order valence-corrected chi connectivity index (χ4v) is 1.46. The van der Waals surface area contributed by atoms with Crippen LogP contribution in [-0.4, -0.2) is 33.1 Å². The molecule has 0 atom stereocenters. The summed E-state index contributed by atoms with van der Waals surface area (Å²) in [5.41, 5.74) is 0.429. The van der Waals surface area contributed by atoms with E-state index in [0.717, 1.165) is 6.07 Å². The van der Waals surface area contributed by atoms with Crippen molar-refractivity contribution in [3.05, 3.63) is 23.8 Å². The standard InChI is InChI=1S/C12H14F3NO4.ClH/c1-18-10-4-3-9(20-12(13,14)15)5-8(10)6-16-7-11(17)19-2;/h3-5,16H,6-7H2,1-2H3;1H. The Balaban J connectivity index is 0.00000400. The van der Waals surface area contributed by atoms with Crippen LogP contribution in [0.5, 0.6) is 11.5 Å². The van der Waals surface area contributed by atoms with Crippen LogP contribution in [0.2, 0.25) is 0 Å². The first-order chi connectivity index (χ1) is 9.35. The molecule has 21 heavy (non-hydrogen) atoms. The summed E-state index contributed by atoms with van der Waals surface area (Å²) < 4.78 is 49.7. The Bertz CT molecular complexity index is 468. The van der Waals surface area contributed by atoms with Crippen molar-refractivity contribution < 1.29 is 32.2 Å². The van der Waals surface area contributed by atoms with Gasteiger partial charge in [-0.25, -0.2) is 0 Å². The normalized spacial score (nSPS) is 10.5. The number of carbonyl (C=O) groups excluding carboxylic acids is 1. The molecule has 0 unspecified atom stereocenters. The molecule has 120 valence electrons. The highest BCUT2D eigenvalue weighted by Gasteiger charge is 2.31. The molecular weight excluding hydrogens is 315 g/mol. The van der Waals surface area contributed by atoms with Crippen LogP contribution < -0.4 is 14.8 Å². The SMILES string of the molecule is COC(=O)CNCc1cc(OC(F)(F)F)ccc1OC.Cl. The lowest BCUT2D eigenvalue weighted by Crippen LogP contribution is -2.23. The molecule has 0 fully saturated rings. The van der Waals surface area contributed by atoms with Crippen LogP contribution in [0.15, 0.2) is 18.2 Å². The van der Waals surface area contributed by atoms with Crippen LogP contribution in [0.1, 0.15) is 5.56 Å². The van der Waals surface area contributed by atoms with Gasteiger partial charge in [0, 0.05) is 12.1 Å². The summed E-state index contributed by atoms with van der Waals surface area (Å²) >= 11 is 0. The quantitative estimate of drug-likeness (QED) is 0.811. The van der Waals surface area contributed by atoms with Gasteiger partial charge < -0.3 is 19.5 Å². The highest BCUT2D eigenvalue weighted by atomic mass is 35.5. The number of ether oxygens (including phenoxy) is 3. The molecule has 0 bridgehead atoms. The van der Waals surface area contributed by atoms with Gasteiger partial charge in [0.05, 0.1) is 20.8 Å². The molecule has 0 aliphatic carbocycles. The van der Waals surface area contributed by atoms with E-state index >= 15 is 0 Å². The molecule has 1 aromatic carbocycles. The van der Waals surface area contributed by atoms with E-state index in [1.165, 1.54) is 26.4 Å². The van der Waals surface area contributed by atoms with Gasteiger partial charge in [0.2, 0.25) is 0 Å². The lowest BCUT2D eigenvalue weighted by atomic mass is 10.2. The summed E-state index contributed by atoms with van der Waals surface area (Å²) in [7, 11) is 2.63. The molecule has 0 heterocycles. The first-order valence-corrected chi connectivity index (χ1v) is 5.56. The van der Waals surface area contributed by atoms with E-state index in [1.54, 1.807) is 0 Å². The number of hydrogen-bond acceptors (Lipinski definition) is 5. The topological polar surface area (TPSA) is 56.8 Å². The molecule has 5 nitrogen and oxygen atoms in total. The van der Waals surface area contributed by atoms with E-state index in [2.05, 4.69) is 14.8 Å². The Morgan fingerprint density at radius 3 is 2.48 bits per heavy atom. The van der Waals surface area contributed by atoms with Crippen molar-refractivity contribution in [3.63, 3.8) is 0 Å². The number of halogens is 4. The third kappa shape index (κ3) is 7.05. The summed E-state index contributed by atoms with van der Waals surface area (Å²) in [4.78, 5) is 10.9. The van der Waals surface area contributed by atoms with Gasteiger partial charge in [-0.1, -0.05) is 0 Å². The molecule has 0 amide bonds. The second-order valence-corrected chi connectivity index (χ2v) is 3.70. The number of alkyl halides is 3. The number of nitrogens with one attached hydrogen (secondary N) is 1. The first kappa shape index (κ1) is 19.3. The molecule has 0 radical (unpaired) electrons. The smallest absolute Gasteiger partial charge is 0.496 e. The van der Waals surface area contributed by atoms with Crippen molar-refractivity contribution in [2.24, 2.45) is 0 Å². The van der Waals surface area contributed by atoms with Gasteiger partial charge in [-0.3, -0.25) is 4.79 Å². The maximum atomic E-state index is 12.1. The number of benzene rings is 1. The average molecular weight is 330 g/mol. The summed E-state index contributed by atoms with van der Waals surface area (Å²) in [6.45, 7) is 0.0668. The maximum absolute atomic E-state index is 12.1. The van der Waals surface area contributed by atoms with E-state index < -0.39 is 12.3 Å². The Labute approximate surface area is 125 Å². The third-order valence-corrected chi connectivity index (χ3v) is 2.30. The van der Waals surface area contributed by atoms with Gasteiger partial charge in [-0.2, -0.15) is 0 Å². The van der Waals surface area contributed by atoms with Crippen LogP contribution in [0, 0.1) is 0 Å². The van der Waals surface area contributed by atoms with Crippen molar-refractivity contribution in [2.75, 3.05) is 20.8 Å². The van der Waals surface area contributed by atoms with Crippen LogP contribution in [-0.2, 0) is 16.1 Å². The van der Waals surface area contributed by atoms with Crippen LogP contribution in [0.25, 0.3) is 0 Å². The number of methoxy groups -OCH3 is 2. The molecule has 0 saturated heterocycles. The zero-order valence-electron chi connectivity index (χ0n) is 11.3. The predicted octanol–water partition coefficient (Wildman–Crippen LogP) is 2.28. The molecule has 0 aliphatic heterocycles. The molecular formula is C12H15ClF3NO4. The van der Waals surface area contributed by atoms with E-state index in [4.69, 9.17) is 4.74 Å². The lowest BCUT2D eigenvalue weighted by Gasteiger charge is -2.13. The second-order valence-electron chi connectivity index (χ2n) is 3.70. The van der Waals surface area contributed by atoms with Crippen molar-refractivity contribution in [3.8, 4) is 11.5 Å². The number of hydrogen-bond donors (Lipinski definition) is 1. The number of esters is 1. The van der Waals surface area contributed by atoms with Gasteiger partial charge in [0.15, 0.2) is 0 Å². The fourth-order valence-electron chi connectivity index (χ4n) is 1.46. The molecule has 0 saturated carbocycles. The zero-order valence-corrected chi connectivity index (χ0v) is 12.1. The zero-order chi connectivity index (χ0) is 15.2. The molecule has 0 aliphatic rings. The monoisotopic (exact) mass is 329 g/mol. The number of rotatable bonds is 6. The minimum Gasteiger partial charge on any atom is -0.496 e. The highest BCUT2D eigenvalue weighted by Crippen LogP contribution is 2.28. The Hall–Kier alpha value is -1.67. The predicted molar refractivity (Wildman–Crippen MR) is 70.6 cm³/mol. The van der Waals surface area contributed by atoms with Crippen LogP contribution in [0.4, 0.5) is 13.2 Å². The fraction of sp³-hybridized carbons (Fsp3) is 0.417. The largest absolute Gasteiger partial charge is 0.573 e. The highest BCUT2D eigenvalue weighted by molar-refractivity contribution is 5.85. The van der Waals surface area contributed by atoms with Crippen LogP contribution in [0.3, 0.4) is 0 Å². The van der Waals surface area contributed by atoms with Gasteiger partial charge >= 0.3 is 12.3 Å². The van der Waals surface area contributed by atoms with Crippen molar-refractivity contribution >= 4 is 18.4 Å². The molecule has 1 aromatic rings. The summed E-state index contributed by atoms with van der Waals surface area (Å²) in [5.74, 6) is -0.447. The summed E-state index contributed by atoms with van der Waals surface area (Å²) in [5, 5.41) is 2.73. The summed E-state index contributed by atoms with van der Waals surface area (Å²) in [6, 6.07) is 3.70.